The number of hydrogen-bond donors (Lipinski definition) is 1. The van der Waals surface area contributed by atoms with Gasteiger partial charge < -0.3 is 10.0 Å². The van der Waals surface area contributed by atoms with E-state index in [1.54, 1.807) is 40.5 Å². The zero-order chi connectivity index (χ0) is 17.7. The number of amides is 1. The summed E-state index contributed by atoms with van der Waals surface area (Å²) in [5.74, 6) is -0.232. The first-order chi connectivity index (χ1) is 11.5. The lowest BCUT2D eigenvalue weighted by atomic mass is 10.1. The first-order valence-corrected chi connectivity index (χ1v) is 8.86. The minimum absolute atomic E-state index is 0.0701. The molecule has 4 nitrogen and oxygen atoms in total. The van der Waals surface area contributed by atoms with Crippen molar-refractivity contribution in [3.63, 3.8) is 0 Å². The monoisotopic (exact) mass is 345 g/mol. The minimum Gasteiger partial charge on any atom is -0.394 e. The second kappa shape index (κ2) is 8.22. The molecule has 1 aromatic heterocycles. The van der Waals surface area contributed by atoms with Crippen LogP contribution in [-0.2, 0) is 6.54 Å². The third-order valence-corrected chi connectivity index (χ3v) is 5.01. The third-order valence-electron chi connectivity index (χ3n) is 4.02. The zero-order valence-corrected chi connectivity index (χ0v) is 15.1. The van der Waals surface area contributed by atoms with Crippen LogP contribution in [0.25, 0.3) is 0 Å². The molecule has 1 atom stereocenters. The maximum Gasteiger partial charge on any atom is 0.254 e. The van der Waals surface area contributed by atoms with Gasteiger partial charge in [0.1, 0.15) is 0 Å². The van der Waals surface area contributed by atoms with Gasteiger partial charge in [-0.15, -0.1) is 11.3 Å². The highest BCUT2D eigenvalue weighted by molar-refractivity contribution is 7.11. The number of benzene rings is 1. The number of aliphatic hydroxyl groups is 1. The summed E-state index contributed by atoms with van der Waals surface area (Å²) in [5, 5.41) is 9.67. The van der Waals surface area contributed by atoms with Gasteiger partial charge in [0.25, 0.3) is 5.91 Å². The van der Waals surface area contributed by atoms with Crippen molar-refractivity contribution in [1.29, 1.82) is 0 Å². The summed E-state index contributed by atoms with van der Waals surface area (Å²) in [7, 11) is 0. The Balaban J connectivity index is 2.33. The molecule has 5 heteroatoms. The van der Waals surface area contributed by atoms with Crippen LogP contribution in [0, 0.1) is 6.92 Å². The van der Waals surface area contributed by atoms with Crippen LogP contribution < -0.4 is 0 Å². The van der Waals surface area contributed by atoms with E-state index in [1.165, 1.54) is 11.8 Å². The van der Waals surface area contributed by atoms with Crippen molar-refractivity contribution in [1.82, 2.24) is 4.90 Å². The van der Waals surface area contributed by atoms with Crippen molar-refractivity contribution in [3.05, 3.63) is 57.3 Å². The molecule has 0 saturated heterocycles. The molecule has 0 spiro atoms. The maximum absolute atomic E-state index is 13.0. The second-order valence-corrected chi connectivity index (χ2v) is 7.20. The summed E-state index contributed by atoms with van der Waals surface area (Å²) in [6, 6.07) is 10.6. The van der Waals surface area contributed by atoms with Crippen LogP contribution in [0.2, 0.25) is 0 Å². The standard InChI is InChI=1S/C19H23NO3S/c1-4-17(12-21)20(11-18-9-8-13(2)24-18)19(23)16-7-5-6-15(10-16)14(3)22/h5-10,17,21H,4,11-12H2,1-3H3. The molecule has 1 amide bonds. The number of rotatable bonds is 7. The number of aliphatic hydroxyl groups excluding tert-OH is 1. The maximum atomic E-state index is 13.0. The molecule has 0 fully saturated rings. The summed E-state index contributed by atoms with van der Waals surface area (Å²) >= 11 is 1.65. The zero-order valence-electron chi connectivity index (χ0n) is 14.3. The van der Waals surface area contributed by atoms with E-state index in [9.17, 15) is 14.7 Å². The fraction of sp³-hybridized carbons (Fsp3) is 0.368. The highest BCUT2D eigenvalue weighted by atomic mass is 32.1. The average molecular weight is 345 g/mol. The van der Waals surface area contributed by atoms with E-state index >= 15 is 0 Å². The van der Waals surface area contributed by atoms with Gasteiger partial charge in [-0.3, -0.25) is 9.59 Å². The van der Waals surface area contributed by atoms with Crippen molar-refractivity contribution in [3.8, 4) is 0 Å². The van der Waals surface area contributed by atoms with Crippen LogP contribution in [0.5, 0.6) is 0 Å². The van der Waals surface area contributed by atoms with Crippen LogP contribution in [0.3, 0.4) is 0 Å². The Morgan fingerprint density at radius 1 is 1.21 bits per heavy atom. The fourth-order valence-corrected chi connectivity index (χ4v) is 3.48. The number of nitrogens with zero attached hydrogens (tertiary/aromatic N) is 1. The molecular weight excluding hydrogens is 322 g/mol. The number of thiophene rings is 1. The molecule has 0 bridgehead atoms. The Kier molecular flexibility index (Phi) is 6.29. The molecule has 2 aromatic rings. The number of aryl methyl sites for hydroxylation is 1. The van der Waals surface area contributed by atoms with Crippen molar-refractivity contribution < 1.29 is 14.7 Å². The van der Waals surface area contributed by atoms with Crippen LogP contribution in [0.1, 0.15) is 50.7 Å². The molecule has 1 heterocycles. The molecule has 0 aliphatic heterocycles. The summed E-state index contributed by atoms with van der Waals surface area (Å²) in [4.78, 5) is 28.5. The number of ketones is 1. The Hall–Kier alpha value is -1.98. The van der Waals surface area contributed by atoms with Crippen molar-refractivity contribution in [2.75, 3.05) is 6.61 Å². The minimum atomic E-state index is -0.249. The van der Waals surface area contributed by atoms with Crippen LogP contribution >= 0.6 is 11.3 Å². The Bertz CT molecular complexity index is 719. The van der Waals surface area contributed by atoms with E-state index in [4.69, 9.17) is 0 Å². The van der Waals surface area contributed by atoms with Gasteiger partial charge in [0.05, 0.1) is 19.2 Å². The van der Waals surface area contributed by atoms with E-state index in [0.717, 1.165) is 4.88 Å². The smallest absolute Gasteiger partial charge is 0.254 e. The molecule has 0 radical (unpaired) electrons. The van der Waals surface area contributed by atoms with Crippen molar-refractivity contribution in [2.24, 2.45) is 0 Å². The number of Topliss-reactive ketones (excluding diaryl/α,β-unsaturated/α-hetero) is 1. The van der Waals surface area contributed by atoms with E-state index < -0.39 is 0 Å². The van der Waals surface area contributed by atoms with Crippen molar-refractivity contribution in [2.45, 2.75) is 39.8 Å². The van der Waals surface area contributed by atoms with Crippen LogP contribution in [0.4, 0.5) is 0 Å². The lowest BCUT2D eigenvalue weighted by molar-refractivity contribution is 0.0566. The van der Waals surface area contributed by atoms with E-state index in [1.807, 2.05) is 26.0 Å². The fourth-order valence-electron chi connectivity index (χ4n) is 2.59. The number of carbonyl (C=O) groups is 2. The highest BCUT2D eigenvalue weighted by Gasteiger charge is 2.24. The largest absolute Gasteiger partial charge is 0.394 e. The second-order valence-electron chi connectivity index (χ2n) is 5.83. The van der Waals surface area contributed by atoms with E-state index in [0.29, 0.717) is 24.1 Å². The molecular formula is C19H23NO3S. The van der Waals surface area contributed by atoms with Gasteiger partial charge in [-0.25, -0.2) is 0 Å². The highest BCUT2D eigenvalue weighted by Crippen LogP contribution is 2.21. The molecule has 0 saturated carbocycles. The topological polar surface area (TPSA) is 57.6 Å². The van der Waals surface area contributed by atoms with Gasteiger partial charge >= 0.3 is 0 Å². The van der Waals surface area contributed by atoms with E-state index in [2.05, 4.69) is 0 Å². The Labute approximate surface area is 146 Å². The molecule has 1 N–H and O–H groups in total. The lowest BCUT2D eigenvalue weighted by Crippen LogP contribution is -2.41. The van der Waals surface area contributed by atoms with E-state index in [-0.39, 0.29) is 24.3 Å². The van der Waals surface area contributed by atoms with Crippen molar-refractivity contribution >= 4 is 23.0 Å². The van der Waals surface area contributed by atoms with Gasteiger partial charge in [0, 0.05) is 20.9 Å². The summed E-state index contributed by atoms with van der Waals surface area (Å²) in [5.41, 5.74) is 0.993. The SMILES string of the molecule is CCC(CO)N(Cc1ccc(C)s1)C(=O)c1cccc(C(C)=O)c1. The summed E-state index contributed by atoms with van der Waals surface area (Å²) < 4.78 is 0. The van der Waals surface area contributed by atoms with Gasteiger partial charge in [-0.2, -0.15) is 0 Å². The predicted octanol–water partition coefficient (Wildman–Crippen LogP) is 3.67. The number of carbonyl (C=O) groups excluding carboxylic acids is 2. The predicted molar refractivity (Wildman–Crippen MR) is 96.5 cm³/mol. The van der Waals surface area contributed by atoms with Gasteiger partial charge in [-0.05, 0) is 44.5 Å². The molecule has 1 aromatic carbocycles. The molecule has 1 unspecified atom stereocenters. The van der Waals surface area contributed by atoms with Gasteiger partial charge in [-0.1, -0.05) is 19.1 Å². The lowest BCUT2D eigenvalue weighted by Gasteiger charge is -2.30. The summed E-state index contributed by atoms with van der Waals surface area (Å²) in [6.07, 6.45) is 0.666. The molecule has 2 rings (SSSR count). The Morgan fingerprint density at radius 2 is 1.92 bits per heavy atom. The quantitative estimate of drug-likeness (QED) is 0.779. The molecule has 0 aliphatic rings. The first kappa shape index (κ1) is 18.4. The van der Waals surface area contributed by atoms with Gasteiger partial charge in [0.15, 0.2) is 5.78 Å². The van der Waals surface area contributed by atoms with Gasteiger partial charge in [0.2, 0.25) is 0 Å². The molecule has 128 valence electrons. The molecule has 0 aliphatic carbocycles. The normalized spacial score (nSPS) is 12.0. The third kappa shape index (κ3) is 4.30. The first-order valence-electron chi connectivity index (χ1n) is 8.04. The summed E-state index contributed by atoms with van der Waals surface area (Å²) in [6.45, 7) is 5.84. The number of hydrogen-bond acceptors (Lipinski definition) is 4. The Morgan fingerprint density at radius 3 is 2.46 bits per heavy atom. The average Bonchev–Trinajstić information content (AvgIpc) is 2.99. The van der Waals surface area contributed by atoms with Crippen LogP contribution in [-0.4, -0.2) is 34.3 Å². The van der Waals surface area contributed by atoms with Crippen LogP contribution in [0.15, 0.2) is 36.4 Å². The molecule has 24 heavy (non-hydrogen) atoms.